The monoisotopic (exact) mass is 369 g/mol. The molecule has 0 aliphatic rings. The van der Waals surface area contributed by atoms with Crippen LogP contribution in [-0.2, 0) is 6.54 Å². The minimum atomic E-state index is -0.479. The van der Waals surface area contributed by atoms with Crippen LogP contribution in [0, 0.1) is 12.7 Å². The van der Waals surface area contributed by atoms with Gasteiger partial charge in [-0.3, -0.25) is 9.36 Å². The summed E-state index contributed by atoms with van der Waals surface area (Å²) >= 11 is 6.04. The topological polar surface area (TPSA) is 65.6 Å². The van der Waals surface area contributed by atoms with E-state index < -0.39 is 11.4 Å². The van der Waals surface area contributed by atoms with Crippen LogP contribution in [0.3, 0.4) is 0 Å². The van der Waals surface area contributed by atoms with Gasteiger partial charge in [-0.15, -0.1) is 5.10 Å². The van der Waals surface area contributed by atoms with Gasteiger partial charge in [0, 0.05) is 10.6 Å². The van der Waals surface area contributed by atoms with E-state index in [1.165, 1.54) is 27.7 Å². The van der Waals surface area contributed by atoms with Crippen molar-refractivity contribution < 1.29 is 4.39 Å². The van der Waals surface area contributed by atoms with Crippen LogP contribution < -0.4 is 5.56 Å². The maximum Gasteiger partial charge on any atom is 0.283 e. The summed E-state index contributed by atoms with van der Waals surface area (Å²) in [6.45, 7) is 1.92. The highest BCUT2D eigenvalue weighted by Gasteiger charge is 2.15. The van der Waals surface area contributed by atoms with Gasteiger partial charge in [-0.1, -0.05) is 35.0 Å². The molecular weight excluding hydrogens is 357 g/mol. The number of rotatable bonds is 3. The van der Waals surface area contributed by atoms with E-state index in [1.54, 1.807) is 6.07 Å². The highest BCUT2D eigenvalue weighted by atomic mass is 35.5. The van der Waals surface area contributed by atoms with Crippen molar-refractivity contribution in [2.24, 2.45) is 0 Å². The van der Waals surface area contributed by atoms with Gasteiger partial charge < -0.3 is 0 Å². The number of hydrogen-bond donors (Lipinski definition) is 0. The molecule has 2 heterocycles. The average Bonchev–Trinajstić information content (AvgIpc) is 3.05. The van der Waals surface area contributed by atoms with Crippen LogP contribution in [0.1, 0.15) is 11.1 Å². The molecule has 0 aliphatic carbocycles. The SMILES string of the molecule is Cc1cccc(-n2nnc3c(=O)n(Cc4c(F)cccc4Cl)cnc32)c1. The van der Waals surface area contributed by atoms with Crippen molar-refractivity contribution in [3.05, 3.63) is 81.1 Å². The number of benzene rings is 2. The molecule has 0 unspecified atom stereocenters. The molecule has 0 aliphatic heterocycles. The Balaban J connectivity index is 1.81. The number of aromatic nitrogens is 5. The molecule has 6 nitrogen and oxygen atoms in total. The van der Waals surface area contributed by atoms with Crippen molar-refractivity contribution >= 4 is 22.8 Å². The van der Waals surface area contributed by atoms with Crippen LogP contribution in [0.5, 0.6) is 0 Å². The lowest BCUT2D eigenvalue weighted by molar-refractivity contribution is 0.595. The standard InChI is InChI=1S/C18H13ClFN5O/c1-11-4-2-5-12(8-11)25-17-16(22-23-25)18(26)24(10-21-17)9-13-14(19)6-3-7-15(13)20/h2-8,10H,9H2,1H3. The fourth-order valence-corrected chi connectivity index (χ4v) is 2.97. The Morgan fingerprint density at radius 2 is 2.00 bits per heavy atom. The zero-order chi connectivity index (χ0) is 18.3. The fourth-order valence-electron chi connectivity index (χ4n) is 2.74. The molecule has 0 spiro atoms. The van der Waals surface area contributed by atoms with Gasteiger partial charge in [0.25, 0.3) is 5.56 Å². The van der Waals surface area contributed by atoms with Gasteiger partial charge >= 0.3 is 0 Å². The van der Waals surface area contributed by atoms with Gasteiger partial charge in [0.05, 0.1) is 12.2 Å². The van der Waals surface area contributed by atoms with E-state index in [9.17, 15) is 9.18 Å². The highest BCUT2D eigenvalue weighted by molar-refractivity contribution is 6.31. The average molecular weight is 370 g/mol. The van der Waals surface area contributed by atoms with E-state index in [0.717, 1.165) is 11.3 Å². The Bertz CT molecular complexity index is 1160. The second kappa shape index (κ2) is 6.34. The van der Waals surface area contributed by atoms with Gasteiger partial charge in [-0.2, -0.15) is 4.68 Å². The van der Waals surface area contributed by atoms with E-state index in [4.69, 9.17) is 11.6 Å². The molecule has 0 radical (unpaired) electrons. The first-order valence-electron chi connectivity index (χ1n) is 7.85. The molecule has 0 N–H and O–H groups in total. The maximum absolute atomic E-state index is 14.0. The lowest BCUT2D eigenvalue weighted by Crippen LogP contribution is -2.22. The summed E-state index contributed by atoms with van der Waals surface area (Å²) in [6, 6.07) is 12.0. The van der Waals surface area contributed by atoms with E-state index in [1.807, 2.05) is 31.2 Å². The molecular formula is C18H13ClFN5O. The number of fused-ring (bicyclic) bond motifs is 1. The molecule has 0 fully saturated rings. The smallest absolute Gasteiger partial charge is 0.283 e. The molecule has 0 bridgehead atoms. The van der Waals surface area contributed by atoms with Gasteiger partial charge in [-0.25, -0.2) is 9.37 Å². The Kier molecular flexibility index (Phi) is 4.00. The lowest BCUT2D eigenvalue weighted by Gasteiger charge is -2.08. The lowest BCUT2D eigenvalue weighted by atomic mass is 10.2. The predicted molar refractivity (Wildman–Crippen MR) is 96.2 cm³/mol. The number of nitrogens with zero attached hydrogens (tertiary/aromatic N) is 5. The third kappa shape index (κ3) is 2.76. The molecule has 26 heavy (non-hydrogen) atoms. The molecule has 2 aromatic carbocycles. The van der Waals surface area contributed by atoms with Gasteiger partial charge in [0.1, 0.15) is 12.1 Å². The molecule has 4 aromatic rings. The molecule has 8 heteroatoms. The predicted octanol–water partition coefficient (Wildman–Crippen LogP) is 3.13. The second-order valence-electron chi connectivity index (χ2n) is 5.89. The molecule has 0 saturated carbocycles. The first-order chi connectivity index (χ1) is 12.5. The Labute approximate surface area is 152 Å². The number of aryl methyl sites for hydroxylation is 1. The van der Waals surface area contributed by atoms with E-state index in [0.29, 0.717) is 5.65 Å². The summed E-state index contributed by atoms with van der Waals surface area (Å²) in [6.07, 6.45) is 1.35. The van der Waals surface area contributed by atoms with E-state index >= 15 is 0 Å². The van der Waals surface area contributed by atoms with E-state index in [-0.39, 0.29) is 22.6 Å². The Morgan fingerprint density at radius 3 is 2.77 bits per heavy atom. The van der Waals surface area contributed by atoms with Crippen molar-refractivity contribution in [3.63, 3.8) is 0 Å². The van der Waals surface area contributed by atoms with Crippen molar-refractivity contribution in [2.45, 2.75) is 13.5 Å². The molecule has 4 rings (SSSR count). The third-order valence-corrected chi connectivity index (χ3v) is 4.42. The summed E-state index contributed by atoms with van der Waals surface area (Å²) in [7, 11) is 0. The van der Waals surface area contributed by atoms with E-state index in [2.05, 4.69) is 15.3 Å². The molecule has 0 atom stereocenters. The number of hydrogen-bond acceptors (Lipinski definition) is 4. The van der Waals surface area contributed by atoms with Crippen LogP contribution in [-0.4, -0.2) is 24.5 Å². The van der Waals surface area contributed by atoms with Crippen molar-refractivity contribution in [3.8, 4) is 5.69 Å². The van der Waals surface area contributed by atoms with Gasteiger partial charge in [0.15, 0.2) is 11.2 Å². The minimum Gasteiger partial charge on any atom is -0.293 e. The summed E-state index contributed by atoms with van der Waals surface area (Å²) < 4.78 is 16.8. The summed E-state index contributed by atoms with van der Waals surface area (Å²) in [5, 5.41) is 8.25. The van der Waals surface area contributed by atoms with Gasteiger partial charge in [0.2, 0.25) is 0 Å². The first kappa shape index (κ1) is 16.4. The normalized spacial score (nSPS) is 11.2. The van der Waals surface area contributed by atoms with Crippen molar-refractivity contribution in [1.82, 2.24) is 24.5 Å². The van der Waals surface area contributed by atoms with Crippen LogP contribution in [0.2, 0.25) is 5.02 Å². The van der Waals surface area contributed by atoms with Crippen LogP contribution in [0.25, 0.3) is 16.9 Å². The molecule has 2 aromatic heterocycles. The Morgan fingerprint density at radius 1 is 1.19 bits per heavy atom. The van der Waals surface area contributed by atoms with Crippen LogP contribution in [0.15, 0.2) is 53.6 Å². The largest absolute Gasteiger partial charge is 0.293 e. The zero-order valence-corrected chi connectivity index (χ0v) is 14.5. The van der Waals surface area contributed by atoms with Crippen LogP contribution in [0.4, 0.5) is 4.39 Å². The first-order valence-corrected chi connectivity index (χ1v) is 8.23. The summed E-state index contributed by atoms with van der Waals surface area (Å²) in [5.74, 6) is -0.479. The molecule has 130 valence electrons. The molecule has 0 saturated heterocycles. The summed E-state index contributed by atoms with van der Waals surface area (Å²) in [5.41, 5.74) is 2.08. The fraction of sp³-hybridized carbons (Fsp3) is 0.111. The highest BCUT2D eigenvalue weighted by Crippen LogP contribution is 2.20. The summed E-state index contributed by atoms with van der Waals surface area (Å²) in [4.78, 5) is 17.0. The van der Waals surface area contributed by atoms with Crippen molar-refractivity contribution in [2.75, 3.05) is 0 Å². The Hall–Kier alpha value is -3.06. The zero-order valence-electron chi connectivity index (χ0n) is 13.7. The van der Waals surface area contributed by atoms with Crippen molar-refractivity contribution in [1.29, 1.82) is 0 Å². The van der Waals surface area contributed by atoms with Gasteiger partial charge in [-0.05, 0) is 36.8 Å². The molecule has 0 amide bonds. The van der Waals surface area contributed by atoms with Crippen LogP contribution >= 0.6 is 11.6 Å². The quantitative estimate of drug-likeness (QED) is 0.556. The third-order valence-electron chi connectivity index (χ3n) is 4.07. The number of halogens is 2. The minimum absolute atomic E-state index is 0.0371. The second-order valence-corrected chi connectivity index (χ2v) is 6.30. The maximum atomic E-state index is 14.0.